The van der Waals surface area contributed by atoms with Crippen molar-refractivity contribution in [1.29, 1.82) is 0 Å². The molecular formula is C48H88O6. The molecule has 1 unspecified atom stereocenters. The second kappa shape index (κ2) is 43.6. The molecule has 0 aliphatic heterocycles. The zero-order chi connectivity index (χ0) is 39.4. The monoisotopic (exact) mass is 761 g/mol. The first-order valence-electron chi connectivity index (χ1n) is 23.3. The van der Waals surface area contributed by atoms with Gasteiger partial charge in [0.15, 0.2) is 6.10 Å². The van der Waals surface area contributed by atoms with E-state index in [2.05, 4.69) is 45.1 Å². The van der Waals surface area contributed by atoms with Gasteiger partial charge in [0, 0.05) is 19.3 Å². The van der Waals surface area contributed by atoms with Crippen molar-refractivity contribution in [2.24, 2.45) is 0 Å². The predicted molar refractivity (Wildman–Crippen MR) is 229 cm³/mol. The highest BCUT2D eigenvalue weighted by molar-refractivity contribution is 5.71. The van der Waals surface area contributed by atoms with Gasteiger partial charge in [-0.05, 0) is 70.6 Å². The first-order chi connectivity index (χ1) is 26.5. The summed E-state index contributed by atoms with van der Waals surface area (Å²) in [7, 11) is 0. The van der Waals surface area contributed by atoms with Crippen LogP contribution in [0.25, 0.3) is 0 Å². The molecule has 6 heteroatoms. The van der Waals surface area contributed by atoms with Crippen molar-refractivity contribution in [2.75, 3.05) is 13.2 Å². The van der Waals surface area contributed by atoms with Crippen molar-refractivity contribution in [2.45, 2.75) is 252 Å². The maximum atomic E-state index is 12.7. The van der Waals surface area contributed by atoms with Crippen LogP contribution < -0.4 is 0 Å². The largest absolute Gasteiger partial charge is 0.462 e. The molecule has 0 fully saturated rings. The van der Waals surface area contributed by atoms with Crippen molar-refractivity contribution in [3.8, 4) is 0 Å². The van der Waals surface area contributed by atoms with Crippen LogP contribution in [-0.2, 0) is 28.6 Å². The van der Waals surface area contributed by atoms with E-state index in [0.29, 0.717) is 19.3 Å². The quantitative estimate of drug-likeness (QED) is 0.0267. The summed E-state index contributed by atoms with van der Waals surface area (Å²) in [5.74, 6) is -0.897. The first-order valence-corrected chi connectivity index (χ1v) is 23.3. The van der Waals surface area contributed by atoms with Crippen LogP contribution in [0.1, 0.15) is 245 Å². The van der Waals surface area contributed by atoms with Gasteiger partial charge in [-0.3, -0.25) is 14.4 Å². The molecule has 0 rings (SSSR count). The molecule has 0 amide bonds. The average Bonchev–Trinajstić information content (AvgIpc) is 3.17. The molecule has 0 spiro atoms. The second-order valence-electron chi connectivity index (χ2n) is 15.7. The van der Waals surface area contributed by atoms with Gasteiger partial charge in [-0.2, -0.15) is 0 Å². The third-order valence-corrected chi connectivity index (χ3v) is 10.2. The molecule has 0 aromatic heterocycles. The number of unbranched alkanes of at least 4 members (excludes halogenated alkanes) is 27. The number of rotatable bonds is 42. The van der Waals surface area contributed by atoms with Gasteiger partial charge < -0.3 is 14.2 Å². The van der Waals surface area contributed by atoms with Crippen LogP contribution in [0.3, 0.4) is 0 Å². The fraction of sp³-hybridized carbons (Fsp3) is 0.854. The molecule has 6 nitrogen and oxygen atoms in total. The van der Waals surface area contributed by atoms with E-state index >= 15 is 0 Å². The van der Waals surface area contributed by atoms with Crippen molar-refractivity contribution in [1.82, 2.24) is 0 Å². The van der Waals surface area contributed by atoms with Crippen LogP contribution in [-0.4, -0.2) is 37.2 Å². The summed E-state index contributed by atoms with van der Waals surface area (Å²) in [6, 6.07) is 0. The molecule has 316 valence electrons. The summed E-state index contributed by atoms with van der Waals surface area (Å²) in [5, 5.41) is 0. The van der Waals surface area contributed by atoms with Crippen LogP contribution in [0.5, 0.6) is 0 Å². The summed E-state index contributed by atoms with van der Waals surface area (Å²) >= 11 is 0. The Balaban J connectivity index is 4.20. The fourth-order valence-corrected chi connectivity index (χ4v) is 6.61. The molecule has 0 aromatic rings. The molecule has 0 aliphatic carbocycles. The van der Waals surface area contributed by atoms with Gasteiger partial charge in [0.2, 0.25) is 0 Å². The van der Waals surface area contributed by atoms with E-state index in [1.165, 1.54) is 135 Å². The van der Waals surface area contributed by atoms with Crippen LogP contribution in [0, 0.1) is 0 Å². The van der Waals surface area contributed by atoms with Crippen LogP contribution in [0.15, 0.2) is 24.3 Å². The number of ether oxygens (including phenoxy) is 3. The molecule has 0 radical (unpaired) electrons. The number of esters is 3. The van der Waals surface area contributed by atoms with Crippen LogP contribution >= 0.6 is 0 Å². The molecule has 0 saturated heterocycles. The Bertz CT molecular complexity index is 880. The number of carbonyl (C=O) groups is 3. The third kappa shape index (κ3) is 41.1. The smallest absolute Gasteiger partial charge is 0.306 e. The van der Waals surface area contributed by atoms with E-state index in [-0.39, 0.29) is 31.1 Å². The highest BCUT2D eigenvalue weighted by Crippen LogP contribution is 2.14. The lowest BCUT2D eigenvalue weighted by Crippen LogP contribution is -2.30. The normalized spacial score (nSPS) is 12.1. The lowest BCUT2D eigenvalue weighted by atomic mass is 10.1. The molecule has 1 atom stereocenters. The average molecular weight is 761 g/mol. The second-order valence-corrected chi connectivity index (χ2v) is 15.7. The molecule has 0 saturated carbocycles. The highest BCUT2D eigenvalue weighted by atomic mass is 16.6. The highest BCUT2D eigenvalue weighted by Gasteiger charge is 2.19. The third-order valence-electron chi connectivity index (χ3n) is 10.2. The SMILES string of the molecule is CCCCCCC/C=C\CCCCCCCC(=O)OC(COC(=O)CCCCCCC)COC(=O)CCCCCCCCC/C=C\CCCCCCCC. The maximum Gasteiger partial charge on any atom is 0.306 e. The van der Waals surface area contributed by atoms with Gasteiger partial charge in [-0.15, -0.1) is 0 Å². The molecule has 0 bridgehead atoms. The predicted octanol–water partition coefficient (Wildman–Crippen LogP) is 14.8. The Hall–Kier alpha value is -2.11. The molecule has 0 aromatic carbocycles. The molecular weight excluding hydrogens is 673 g/mol. The van der Waals surface area contributed by atoms with Crippen LogP contribution in [0.4, 0.5) is 0 Å². The lowest BCUT2D eigenvalue weighted by Gasteiger charge is -2.18. The first kappa shape index (κ1) is 51.9. The van der Waals surface area contributed by atoms with Gasteiger partial charge in [-0.1, -0.05) is 180 Å². The maximum absolute atomic E-state index is 12.7. The number of carbonyl (C=O) groups excluding carboxylic acids is 3. The molecule has 54 heavy (non-hydrogen) atoms. The fourth-order valence-electron chi connectivity index (χ4n) is 6.61. The summed E-state index contributed by atoms with van der Waals surface area (Å²) in [6.45, 7) is 6.53. The topological polar surface area (TPSA) is 78.9 Å². The van der Waals surface area contributed by atoms with Gasteiger partial charge in [0.25, 0.3) is 0 Å². The van der Waals surface area contributed by atoms with Gasteiger partial charge in [0.05, 0.1) is 0 Å². The zero-order valence-electron chi connectivity index (χ0n) is 36.0. The standard InChI is InChI=1S/C48H88O6/c1-4-7-10-13-15-17-19-21-23-24-25-27-28-30-32-35-38-41-47(50)53-44-45(43-52-46(49)40-37-34-12-9-6-3)54-48(51)42-39-36-33-31-29-26-22-20-18-16-14-11-8-5-2/h20-23,45H,4-19,24-44H2,1-3H3/b22-20-,23-21-. The number of hydrogen-bond donors (Lipinski definition) is 0. The Morgan fingerprint density at radius 3 is 0.926 bits per heavy atom. The van der Waals surface area contributed by atoms with Gasteiger partial charge in [0.1, 0.15) is 13.2 Å². The van der Waals surface area contributed by atoms with Crippen molar-refractivity contribution in [3.05, 3.63) is 24.3 Å². The van der Waals surface area contributed by atoms with E-state index in [1.54, 1.807) is 0 Å². The molecule has 0 heterocycles. The Kier molecular flexibility index (Phi) is 41.9. The molecule has 0 aliphatic rings. The van der Waals surface area contributed by atoms with Crippen molar-refractivity contribution >= 4 is 17.9 Å². The molecule has 0 N–H and O–H groups in total. The minimum absolute atomic E-state index is 0.0754. The van der Waals surface area contributed by atoms with Gasteiger partial charge in [-0.25, -0.2) is 0 Å². The summed E-state index contributed by atoms with van der Waals surface area (Å²) in [6.07, 6.45) is 47.6. The summed E-state index contributed by atoms with van der Waals surface area (Å²) in [4.78, 5) is 37.5. The minimum atomic E-state index is -0.769. The van der Waals surface area contributed by atoms with E-state index < -0.39 is 6.10 Å². The van der Waals surface area contributed by atoms with Gasteiger partial charge >= 0.3 is 17.9 Å². The van der Waals surface area contributed by atoms with E-state index in [9.17, 15) is 14.4 Å². The Morgan fingerprint density at radius 1 is 0.352 bits per heavy atom. The number of allylic oxidation sites excluding steroid dienone is 4. The Labute approximate surface area is 334 Å². The lowest BCUT2D eigenvalue weighted by molar-refractivity contribution is -0.167. The summed E-state index contributed by atoms with van der Waals surface area (Å²) in [5.41, 5.74) is 0. The Morgan fingerprint density at radius 2 is 0.611 bits per heavy atom. The number of hydrogen-bond acceptors (Lipinski definition) is 6. The van der Waals surface area contributed by atoms with Crippen molar-refractivity contribution in [3.63, 3.8) is 0 Å². The van der Waals surface area contributed by atoms with E-state index in [0.717, 1.165) is 70.6 Å². The van der Waals surface area contributed by atoms with E-state index in [4.69, 9.17) is 14.2 Å². The minimum Gasteiger partial charge on any atom is -0.462 e. The summed E-state index contributed by atoms with van der Waals surface area (Å²) < 4.78 is 16.6. The van der Waals surface area contributed by atoms with Crippen molar-refractivity contribution < 1.29 is 28.6 Å². The van der Waals surface area contributed by atoms with Crippen LogP contribution in [0.2, 0.25) is 0 Å². The van der Waals surface area contributed by atoms with E-state index in [1.807, 2.05) is 0 Å². The zero-order valence-corrected chi connectivity index (χ0v) is 36.0.